The summed E-state index contributed by atoms with van der Waals surface area (Å²) in [4.78, 5) is 11.5. The maximum absolute atomic E-state index is 11.5. The van der Waals surface area contributed by atoms with Crippen molar-refractivity contribution >= 4 is 5.97 Å². The molecule has 5 nitrogen and oxygen atoms in total. The van der Waals surface area contributed by atoms with Crippen LogP contribution in [-0.4, -0.2) is 45.2 Å². The van der Waals surface area contributed by atoms with Crippen molar-refractivity contribution in [1.29, 1.82) is 0 Å². The van der Waals surface area contributed by atoms with Crippen LogP contribution in [0.3, 0.4) is 0 Å². The molecule has 0 bridgehead atoms. The Bertz CT molecular complexity index is 279. The van der Waals surface area contributed by atoms with Gasteiger partial charge in [0.2, 0.25) is 0 Å². The predicted octanol–water partition coefficient (Wildman–Crippen LogP) is 1.46. The maximum Gasteiger partial charge on any atom is 0.308 e. The van der Waals surface area contributed by atoms with Crippen LogP contribution >= 0.6 is 0 Å². The second-order valence-corrected chi connectivity index (χ2v) is 5.35. The fourth-order valence-corrected chi connectivity index (χ4v) is 2.79. The second-order valence-electron chi connectivity index (χ2n) is 5.35. The number of carbonyl (C=O) groups excluding carboxylic acids is 1. The van der Waals surface area contributed by atoms with Crippen LogP contribution in [0.1, 0.15) is 38.5 Å². The molecule has 110 valence electrons. The van der Waals surface area contributed by atoms with Crippen molar-refractivity contribution in [2.45, 2.75) is 50.9 Å². The molecular weight excluding hydrogens is 246 g/mol. The van der Waals surface area contributed by atoms with Crippen LogP contribution in [0.5, 0.6) is 0 Å². The van der Waals surface area contributed by atoms with Crippen LogP contribution in [0.2, 0.25) is 0 Å². The summed E-state index contributed by atoms with van der Waals surface area (Å²) >= 11 is 0. The summed E-state index contributed by atoms with van der Waals surface area (Å²) in [5.74, 6) is -0.0368. The first-order valence-corrected chi connectivity index (χ1v) is 7.34. The summed E-state index contributed by atoms with van der Waals surface area (Å²) in [6.07, 6.45) is 5.96. The molecule has 0 saturated carbocycles. The lowest BCUT2D eigenvalue weighted by atomic mass is 9.91. The van der Waals surface area contributed by atoms with Gasteiger partial charge >= 0.3 is 5.97 Å². The molecule has 0 aromatic heterocycles. The van der Waals surface area contributed by atoms with Gasteiger partial charge in [-0.15, -0.1) is 0 Å². The summed E-state index contributed by atoms with van der Waals surface area (Å²) < 4.78 is 16.1. The highest BCUT2D eigenvalue weighted by Gasteiger charge is 2.27. The third kappa shape index (κ3) is 4.75. The molecule has 0 spiro atoms. The van der Waals surface area contributed by atoms with Gasteiger partial charge in [-0.1, -0.05) is 0 Å². The van der Waals surface area contributed by atoms with Crippen LogP contribution in [0.4, 0.5) is 0 Å². The zero-order chi connectivity index (χ0) is 13.5. The Kier molecular flexibility index (Phi) is 6.07. The van der Waals surface area contributed by atoms with Crippen molar-refractivity contribution < 1.29 is 19.0 Å². The zero-order valence-electron chi connectivity index (χ0n) is 11.7. The molecule has 2 heterocycles. The summed E-state index contributed by atoms with van der Waals surface area (Å²) in [6.45, 7) is 2.39. The van der Waals surface area contributed by atoms with Crippen molar-refractivity contribution in [2.75, 3.05) is 26.9 Å². The highest BCUT2D eigenvalue weighted by atomic mass is 16.7. The number of ether oxygens (including phenoxy) is 3. The predicted molar refractivity (Wildman–Crippen MR) is 70.7 cm³/mol. The third-order valence-corrected chi connectivity index (χ3v) is 3.94. The van der Waals surface area contributed by atoms with Crippen molar-refractivity contribution in [3.8, 4) is 0 Å². The topological polar surface area (TPSA) is 56.8 Å². The van der Waals surface area contributed by atoms with E-state index in [-0.39, 0.29) is 18.2 Å². The highest BCUT2D eigenvalue weighted by Crippen LogP contribution is 2.20. The van der Waals surface area contributed by atoms with Gasteiger partial charge in [0.1, 0.15) is 0 Å². The molecule has 2 rings (SSSR count). The Morgan fingerprint density at radius 3 is 3.00 bits per heavy atom. The molecule has 2 saturated heterocycles. The number of nitrogens with one attached hydrogen (secondary N) is 1. The van der Waals surface area contributed by atoms with E-state index >= 15 is 0 Å². The minimum absolute atomic E-state index is 0.0197. The largest absolute Gasteiger partial charge is 0.469 e. The van der Waals surface area contributed by atoms with E-state index in [4.69, 9.17) is 14.2 Å². The summed E-state index contributed by atoms with van der Waals surface area (Å²) in [5, 5.41) is 3.44. The Balaban J connectivity index is 1.63. The molecule has 2 aliphatic rings. The van der Waals surface area contributed by atoms with Gasteiger partial charge in [-0.3, -0.25) is 4.79 Å². The Labute approximate surface area is 115 Å². The van der Waals surface area contributed by atoms with Gasteiger partial charge in [0, 0.05) is 12.6 Å². The normalized spacial score (nSPS) is 31.9. The molecule has 2 aliphatic heterocycles. The average molecular weight is 271 g/mol. The monoisotopic (exact) mass is 271 g/mol. The van der Waals surface area contributed by atoms with Crippen LogP contribution in [-0.2, 0) is 19.0 Å². The van der Waals surface area contributed by atoms with Crippen molar-refractivity contribution in [3.63, 3.8) is 0 Å². The van der Waals surface area contributed by atoms with Gasteiger partial charge in [-0.2, -0.15) is 0 Å². The Morgan fingerprint density at radius 2 is 2.26 bits per heavy atom. The van der Waals surface area contributed by atoms with Crippen molar-refractivity contribution in [1.82, 2.24) is 5.32 Å². The lowest BCUT2D eigenvalue weighted by Crippen LogP contribution is -2.41. The van der Waals surface area contributed by atoms with Crippen LogP contribution in [0.25, 0.3) is 0 Å². The molecule has 0 aliphatic carbocycles. The average Bonchev–Trinajstić information content (AvgIpc) is 2.48. The Hall–Kier alpha value is -0.650. The minimum Gasteiger partial charge on any atom is -0.469 e. The van der Waals surface area contributed by atoms with E-state index in [1.165, 1.54) is 13.5 Å². The number of esters is 1. The molecule has 0 amide bonds. The van der Waals surface area contributed by atoms with E-state index in [1.54, 1.807) is 0 Å². The SMILES string of the molecule is COC(=O)C1CCNC(CCOC2CCCCO2)C1. The van der Waals surface area contributed by atoms with Crippen LogP contribution < -0.4 is 5.32 Å². The van der Waals surface area contributed by atoms with Gasteiger partial charge < -0.3 is 19.5 Å². The molecule has 3 atom stereocenters. The number of hydrogen-bond donors (Lipinski definition) is 1. The molecule has 1 N–H and O–H groups in total. The first-order chi connectivity index (χ1) is 9.29. The van der Waals surface area contributed by atoms with E-state index < -0.39 is 0 Å². The third-order valence-electron chi connectivity index (χ3n) is 3.94. The number of rotatable bonds is 5. The number of hydrogen-bond acceptors (Lipinski definition) is 5. The zero-order valence-corrected chi connectivity index (χ0v) is 11.7. The van der Waals surface area contributed by atoms with Crippen LogP contribution in [0.15, 0.2) is 0 Å². The lowest BCUT2D eigenvalue weighted by molar-refractivity contribution is -0.164. The Morgan fingerprint density at radius 1 is 1.37 bits per heavy atom. The summed E-state index contributed by atoms with van der Waals surface area (Å²) in [6, 6.07) is 0.349. The van der Waals surface area contributed by atoms with Gasteiger partial charge in [0.05, 0.1) is 19.6 Å². The molecule has 0 aromatic rings. The minimum atomic E-state index is -0.0805. The van der Waals surface area contributed by atoms with Crippen molar-refractivity contribution in [3.05, 3.63) is 0 Å². The molecule has 5 heteroatoms. The molecule has 0 radical (unpaired) electrons. The quantitative estimate of drug-likeness (QED) is 0.767. The van der Waals surface area contributed by atoms with E-state index in [1.807, 2.05) is 0 Å². The molecular formula is C14H25NO4. The summed E-state index contributed by atoms with van der Waals surface area (Å²) in [7, 11) is 1.46. The number of piperidine rings is 1. The smallest absolute Gasteiger partial charge is 0.308 e. The molecule has 2 fully saturated rings. The van der Waals surface area contributed by atoms with Gasteiger partial charge in [0.15, 0.2) is 6.29 Å². The number of methoxy groups -OCH3 is 1. The fourth-order valence-electron chi connectivity index (χ4n) is 2.79. The van der Waals surface area contributed by atoms with E-state index in [9.17, 15) is 4.79 Å². The molecule has 0 aromatic carbocycles. The summed E-state index contributed by atoms with van der Waals surface area (Å²) in [5.41, 5.74) is 0. The van der Waals surface area contributed by atoms with Gasteiger partial charge in [-0.25, -0.2) is 0 Å². The van der Waals surface area contributed by atoms with E-state index in [2.05, 4.69) is 5.32 Å². The first-order valence-electron chi connectivity index (χ1n) is 7.34. The second kappa shape index (κ2) is 7.82. The lowest BCUT2D eigenvalue weighted by Gasteiger charge is -2.29. The standard InChI is InChI=1S/C14H25NO4/c1-17-14(16)11-5-7-15-12(10-11)6-9-19-13-4-2-3-8-18-13/h11-13,15H,2-10H2,1H3. The van der Waals surface area contributed by atoms with E-state index in [0.717, 1.165) is 45.3 Å². The maximum atomic E-state index is 11.5. The van der Waals surface area contributed by atoms with E-state index in [0.29, 0.717) is 12.6 Å². The fraction of sp³-hybridized carbons (Fsp3) is 0.929. The highest BCUT2D eigenvalue weighted by molar-refractivity contribution is 5.72. The van der Waals surface area contributed by atoms with Crippen LogP contribution in [0, 0.1) is 5.92 Å². The van der Waals surface area contributed by atoms with Gasteiger partial charge in [-0.05, 0) is 45.1 Å². The molecule has 3 unspecified atom stereocenters. The van der Waals surface area contributed by atoms with Crippen molar-refractivity contribution in [2.24, 2.45) is 5.92 Å². The number of carbonyl (C=O) groups is 1. The first kappa shape index (κ1) is 14.8. The van der Waals surface area contributed by atoms with Gasteiger partial charge in [0.25, 0.3) is 0 Å². The molecule has 19 heavy (non-hydrogen) atoms.